The molecule has 0 bridgehead atoms. The van der Waals surface area contributed by atoms with Crippen molar-refractivity contribution in [1.82, 2.24) is 5.32 Å². The van der Waals surface area contributed by atoms with Gasteiger partial charge in [0.05, 0.1) is 0 Å². The van der Waals surface area contributed by atoms with Crippen molar-refractivity contribution in [3.8, 4) is 0 Å². The van der Waals surface area contributed by atoms with E-state index >= 15 is 0 Å². The molecule has 0 aliphatic carbocycles. The topological polar surface area (TPSA) is 12.0 Å². The van der Waals surface area contributed by atoms with Gasteiger partial charge in [-0.15, -0.1) is 11.3 Å². The first-order valence-corrected chi connectivity index (χ1v) is 5.65. The summed E-state index contributed by atoms with van der Waals surface area (Å²) in [5.74, 6) is 0. The third-order valence-corrected chi connectivity index (χ3v) is 3.88. The van der Waals surface area contributed by atoms with Crippen molar-refractivity contribution in [2.24, 2.45) is 0 Å². The van der Waals surface area contributed by atoms with Crippen LogP contribution in [0.5, 0.6) is 0 Å². The first-order chi connectivity index (χ1) is 5.91. The molecule has 0 saturated carbocycles. The van der Waals surface area contributed by atoms with Crippen molar-refractivity contribution in [1.29, 1.82) is 0 Å². The number of hydrogen-bond acceptors (Lipinski definition) is 2. The van der Waals surface area contributed by atoms with Gasteiger partial charge >= 0.3 is 0 Å². The van der Waals surface area contributed by atoms with Crippen molar-refractivity contribution in [3.63, 3.8) is 0 Å². The van der Waals surface area contributed by atoms with E-state index in [1.165, 1.54) is 10.4 Å². The Labute approximate surface area is 84.2 Å². The van der Waals surface area contributed by atoms with Crippen LogP contribution in [0.1, 0.15) is 38.1 Å². The first-order valence-electron chi connectivity index (χ1n) is 4.77. The predicted molar refractivity (Wildman–Crippen MR) is 58.3 cm³/mol. The van der Waals surface area contributed by atoms with Crippen molar-refractivity contribution >= 4 is 11.3 Å². The van der Waals surface area contributed by atoms with E-state index in [0.717, 1.165) is 6.42 Å². The van der Waals surface area contributed by atoms with Crippen LogP contribution in [0.4, 0.5) is 0 Å². The summed E-state index contributed by atoms with van der Waals surface area (Å²) in [6, 6.07) is 2.27. The lowest BCUT2D eigenvalue weighted by Crippen LogP contribution is -2.54. The fourth-order valence-corrected chi connectivity index (χ4v) is 3.45. The second-order valence-electron chi connectivity index (χ2n) is 5.09. The van der Waals surface area contributed by atoms with Gasteiger partial charge < -0.3 is 5.32 Å². The van der Waals surface area contributed by atoms with Gasteiger partial charge in [-0.2, -0.15) is 0 Å². The molecule has 0 atom stereocenters. The van der Waals surface area contributed by atoms with Gasteiger partial charge in [0.2, 0.25) is 0 Å². The lowest BCUT2D eigenvalue weighted by atomic mass is 9.83. The highest BCUT2D eigenvalue weighted by atomic mass is 32.1. The van der Waals surface area contributed by atoms with Crippen molar-refractivity contribution in [3.05, 3.63) is 21.9 Å². The average Bonchev–Trinajstić information content (AvgIpc) is 2.29. The molecule has 0 fully saturated rings. The molecule has 0 spiro atoms. The minimum Gasteiger partial charge on any atom is -0.302 e. The van der Waals surface area contributed by atoms with Crippen LogP contribution in [-0.2, 0) is 12.0 Å². The summed E-state index contributed by atoms with van der Waals surface area (Å²) in [5.41, 5.74) is 1.90. The van der Waals surface area contributed by atoms with Crippen LogP contribution in [0, 0.1) is 0 Å². The molecule has 2 heteroatoms. The minimum atomic E-state index is 0.144. The minimum absolute atomic E-state index is 0.144. The zero-order chi connectivity index (χ0) is 9.69. The van der Waals surface area contributed by atoms with Crippen molar-refractivity contribution < 1.29 is 0 Å². The van der Waals surface area contributed by atoms with Crippen LogP contribution >= 0.6 is 11.3 Å². The summed E-state index contributed by atoms with van der Waals surface area (Å²) in [6.07, 6.45) is 1.15. The van der Waals surface area contributed by atoms with E-state index in [1.807, 2.05) is 11.3 Å². The number of nitrogens with one attached hydrogen (secondary N) is 1. The number of hydrogen-bond donors (Lipinski definition) is 1. The quantitative estimate of drug-likeness (QED) is 0.671. The predicted octanol–water partition coefficient (Wildman–Crippen LogP) is 2.91. The number of rotatable bonds is 0. The molecule has 0 amide bonds. The lowest BCUT2D eigenvalue weighted by Gasteiger charge is -2.42. The van der Waals surface area contributed by atoms with Gasteiger partial charge in [0, 0.05) is 16.0 Å². The maximum absolute atomic E-state index is 3.68. The third kappa shape index (κ3) is 1.53. The summed E-state index contributed by atoms with van der Waals surface area (Å²) in [5, 5.41) is 5.89. The standard InChI is InChI=1S/C11H17NS/c1-10(2)7-8-5-6-13-9(8)11(3,4)12-10/h5-6,12H,7H2,1-4H3. The molecule has 72 valence electrons. The number of thiophene rings is 1. The van der Waals surface area contributed by atoms with Gasteiger partial charge in [-0.05, 0) is 51.1 Å². The Bertz CT molecular complexity index is 323. The fraction of sp³-hybridized carbons (Fsp3) is 0.636. The van der Waals surface area contributed by atoms with Crippen LogP contribution in [-0.4, -0.2) is 5.54 Å². The molecule has 1 aliphatic heterocycles. The van der Waals surface area contributed by atoms with Crippen LogP contribution in [0.25, 0.3) is 0 Å². The summed E-state index contributed by atoms with van der Waals surface area (Å²) < 4.78 is 0. The Morgan fingerprint density at radius 3 is 2.69 bits per heavy atom. The average molecular weight is 195 g/mol. The molecule has 0 aromatic carbocycles. The van der Waals surface area contributed by atoms with E-state index in [2.05, 4.69) is 44.5 Å². The van der Waals surface area contributed by atoms with Gasteiger partial charge in [0.15, 0.2) is 0 Å². The molecule has 1 aromatic rings. The first kappa shape index (κ1) is 9.22. The largest absolute Gasteiger partial charge is 0.302 e. The molecular formula is C11H17NS. The highest BCUT2D eigenvalue weighted by Gasteiger charge is 2.36. The van der Waals surface area contributed by atoms with Gasteiger partial charge in [0.1, 0.15) is 0 Å². The van der Waals surface area contributed by atoms with E-state index < -0.39 is 0 Å². The second kappa shape index (κ2) is 2.58. The monoisotopic (exact) mass is 195 g/mol. The molecule has 0 radical (unpaired) electrons. The maximum atomic E-state index is 3.68. The molecule has 0 unspecified atom stereocenters. The van der Waals surface area contributed by atoms with Gasteiger partial charge in [-0.25, -0.2) is 0 Å². The van der Waals surface area contributed by atoms with E-state index in [0.29, 0.717) is 0 Å². The van der Waals surface area contributed by atoms with Crippen molar-refractivity contribution in [2.45, 2.75) is 45.2 Å². The molecule has 13 heavy (non-hydrogen) atoms. The second-order valence-corrected chi connectivity index (χ2v) is 6.00. The van der Waals surface area contributed by atoms with Crippen LogP contribution in [0.15, 0.2) is 11.4 Å². The van der Waals surface area contributed by atoms with E-state index in [4.69, 9.17) is 0 Å². The summed E-state index contributed by atoms with van der Waals surface area (Å²) >= 11 is 1.87. The molecule has 2 rings (SSSR count). The van der Waals surface area contributed by atoms with Crippen LogP contribution < -0.4 is 5.32 Å². The zero-order valence-corrected chi connectivity index (χ0v) is 9.59. The Hall–Kier alpha value is -0.340. The Morgan fingerprint density at radius 1 is 1.31 bits per heavy atom. The molecule has 1 aliphatic rings. The lowest BCUT2D eigenvalue weighted by molar-refractivity contribution is 0.247. The molecular weight excluding hydrogens is 178 g/mol. The molecule has 1 aromatic heterocycles. The molecule has 2 heterocycles. The molecule has 1 nitrogen and oxygen atoms in total. The maximum Gasteiger partial charge on any atom is 0.0478 e. The highest BCUT2D eigenvalue weighted by Crippen LogP contribution is 2.37. The molecule has 0 saturated heterocycles. The van der Waals surface area contributed by atoms with Crippen LogP contribution in [0.2, 0.25) is 0 Å². The molecule has 1 N–H and O–H groups in total. The number of fused-ring (bicyclic) bond motifs is 1. The third-order valence-electron chi connectivity index (χ3n) is 2.60. The van der Waals surface area contributed by atoms with Gasteiger partial charge in [-0.1, -0.05) is 0 Å². The Kier molecular flexibility index (Phi) is 1.83. The Morgan fingerprint density at radius 2 is 2.00 bits per heavy atom. The SMILES string of the molecule is CC1(C)Cc2ccsc2C(C)(C)N1. The summed E-state index contributed by atoms with van der Waals surface area (Å²) in [6.45, 7) is 9.08. The highest BCUT2D eigenvalue weighted by molar-refractivity contribution is 7.10. The van der Waals surface area contributed by atoms with Gasteiger partial charge in [-0.3, -0.25) is 0 Å². The van der Waals surface area contributed by atoms with Crippen molar-refractivity contribution in [2.75, 3.05) is 0 Å². The fourth-order valence-electron chi connectivity index (χ4n) is 2.45. The van der Waals surface area contributed by atoms with Crippen LogP contribution in [0.3, 0.4) is 0 Å². The summed E-state index contributed by atoms with van der Waals surface area (Å²) in [7, 11) is 0. The zero-order valence-electron chi connectivity index (χ0n) is 8.77. The Balaban J connectivity index is 2.48. The van der Waals surface area contributed by atoms with E-state index in [1.54, 1.807) is 0 Å². The summed E-state index contributed by atoms with van der Waals surface area (Å²) in [4.78, 5) is 1.51. The normalized spacial score (nSPS) is 24.0. The smallest absolute Gasteiger partial charge is 0.0478 e. The van der Waals surface area contributed by atoms with E-state index in [-0.39, 0.29) is 11.1 Å². The van der Waals surface area contributed by atoms with E-state index in [9.17, 15) is 0 Å². The van der Waals surface area contributed by atoms with Gasteiger partial charge in [0.25, 0.3) is 0 Å².